The van der Waals surface area contributed by atoms with Gasteiger partial charge in [0.2, 0.25) is 0 Å². The van der Waals surface area contributed by atoms with Gasteiger partial charge in [-0.15, -0.1) is 0 Å². The van der Waals surface area contributed by atoms with Crippen molar-refractivity contribution in [3.8, 4) is 11.8 Å². The molecule has 1 aliphatic heterocycles. The standard InChI is InChI=1S/C26H25N3O2/c27-19-21-8-7-13-24(18-21)31-20-25(30)28-14-16-29(17-15-28)26(22-9-3-1-4-10-22)23-11-5-2-6-12-23/h1-13,18,26H,14-17,20H2. The highest BCUT2D eigenvalue weighted by molar-refractivity contribution is 5.78. The first-order chi connectivity index (χ1) is 15.2. The third-order valence-electron chi connectivity index (χ3n) is 5.59. The number of nitriles is 1. The van der Waals surface area contributed by atoms with Crippen LogP contribution in [-0.4, -0.2) is 48.5 Å². The van der Waals surface area contributed by atoms with E-state index in [4.69, 9.17) is 10.00 Å². The van der Waals surface area contributed by atoms with Crippen molar-refractivity contribution in [2.24, 2.45) is 0 Å². The Bertz CT molecular complexity index is 1000. The van der Waals surface area contributed by atoms with E-state index in [1.165, 1.54) is 11.1 Å². The Morgan fingerprint density at radius 2 is 1.48 bits per heavy atom. The van der Waals surface area contributed by atoms with E-state index in [0.29, 0.717) is 24.4 Å². The minimum atomic E-state index is -0.0296. The molecule has 0 atom stereocenters. The highest BCUT2D eigenvalue weighted by Crippen LogP contribution is 2.29. The van der Waals surface area contributed by atoms with E-state index >= 15 is 0 Å². The van der Waals surface area contributed by atoms with Crippen LogP contribution in [0.5, 0.6) is 5.75 Å². The average Bonchev–Trinajstić information content (AvgIpc) is 2.84. The number of carbonyl (C=O) groups excluding carboxylic acids is 1. The van der Waals surface area contributed by atoms with Crippen LogP contribution in [0.2, 0.25) is 0 Å². The number of ether oxygens (including phenoxy) is 1. The van der Waals surface area contributed by atoms with Gasteiger partial charge in [-0.05, 0) is 29.3 Å². The number of piperazine rings is 1. The molecule has 3 aromatic carbocycles. The molecule has 4 rings (SSSR count). The molecule has 1 saturated heterocycles. The zero-order valence-corrected chi connectivity index (χ0v) is 17.4. The van der Waals surface area contributed by atoms with Gasteiger partial charge in [-0.1, -0.05) is 66.7 Å². The summed E-state index contributed by atoms with van der Waals surface area (Å²) < 4.78 is 5.62. The van der Waals surface area contributed by atoms with Crippen LogP contribution in [0, 0.1) is 11.3 Å². The van der Waals surface area contributed by atoms with Gasteiger partial charge in [0.1, 0.15) is 5.75 Å². The number of nitrogens with zero attached hydrogens (tertiary/aromatic N) is 3. The fourth-order valence-electron chi connectivity index (χ4n) is 4.01. The second-order valence-corrected chi connectivity index (χ2v) is 7.57. The van der Waals surface area contributed by atoms with Gasteiger partial charge >= 0.3 is 0 Å². The van der Waals surface area contributed by atoms with Crippen molar-refractivity contribution in [2.75, 3.05) is 32.8 Å². The molecule has 5 nitrogen and oxygen atoms in total. The van der Waals surface area contributed by atoms with Crippen molar-refractivity contribution < 1.29 is 9.53 Å². The van der Waals surface area contributed by atoms with E-state index < -0.39 is 0 Å². The third-order valence-corrected chi connectivity index (χ3v) is 5.59. The van der Waals surface area contributed by atoms with Crippen molar-refractivity contribution in [3.63, 3.8) is 0 Å². The van der Waals surface area contributed by atoms with Crippen LogP contribution in [0.15, 0.2) is 84.9 Å². The van der Waals surface area contributed by atoms with Gasteiger partial charge in [0.05, 0.1) is 17.7 Å². The highest BCUT2D eigenvalue weighted by atomic mass is 16.5. The fourth-order valence-corrected chi connectivity index (χ4v) is 4.01. The second-order valence-electron chi connectivity index (χ2n) is 7.57. The zero-order chi connectivity index (χ0) is 21.5. The van der Waals surface area contributed by atoms with E-state index in [0.717, 1.165) is 13.1 Å². The van der Waals surface area contributed by atoms with Crippen molar-refractivity contribution in [2.45, 2.75) is 6.04 Å². The van der Waals surface area contributed by atoms with Crippen LogP contribution >= 0.6 is 0 Å². The molecular formula is C26H25N3O2. The lowest BCUT2D eigenvalue weighted by Crippen LogP contribution is -2.51. The number of amides is 1. The SMILES string of the molecule is N#Cc1cccc(OCC(=O)N2CCN(C(c3ccccc3)c3ccccc3)CC2)c1. The minimum absolute atomic E-state index is 0.0182. The van der Waals surface area contributed by atoms with E-state index in [9.17, 15) is 4.79 Å². The molecular weight excluding hydrogens is 386 g/mol. The molecule has 1 amide bonds. The molecule has 0 radical (unpaired) electrons. The summed E-state index contributed by atoms with van der Waals surface area (Å²) in [5.74, 6) is 0.511. The number of benzene rings is 3. The first kappa shape index (κ1) is 20.6. The summed E-state index contributed by atoms with van der Waals surface area (Å²) in [6.45, 7) is 2.90. The summed E-state index contributed by atoms with van der Waals surface area (Å²) >= 11 is 0. The second kappa shape index (κ2) is 9.92. The third kappa shape index (κ3) is 5.11. The summed E-state index contributed by atoms with van der Waals surface area (Å²) in [6.07, 6.45) is 0. The Balaban J connectivity index is 1.38. The lowest BCUT2D eigenvalue weighted by molar-refractivity contribution is -0.135. The summed E-state index contributed by atoms with van der Waals surface area (Å²) in [6, 6.07) is 30.2. The lowest BCUT2D eigenvalue weighted by atomic mass is 9.96. The van der Waals surface area contributed by atoms with Crippen LogP contribution in [-0.2, 0) is 4.79 Å². The minimum Gasteiger partial charge on any atom is -0.484 e. The largest absolute Gasteiger partial charge is 0.484 e. The van der Waals surface area contributed by atoms with Gasteiger partial charge in [-0.2, -0.15) is 5.26 Å². The molecule has 0 saturated carbocycles. The fraction of sp³-hybridized carbons (Fsp3) is 0.231. The molecule has 0 bridgehead atoms. The summed E-state index contributed by atoms with van der Waals surface area (Å²) in [7, 11) is 0. The Hall–Kier alpha value is -3.62. The molecule has 0 spiro atoms. The normalized spacial score (nSPS) is 14.3. The van der Waals surface area contributed by atoms with E-state index in [-0.39, 0.29) is 18.6 Å². The Labute approximate surface area is 183 Å². The van der Waals surface area contributed by atoms with Crippen LogP contribution in [0.3, 0.4) is 0 Å². The van der Waals surface area contributed by atoms with E-state index in [1.807, 2.05) is 17.0 Å². The Morgan fingerprint density at radius 1 is 0.871 bits per heavy atom. The van der Waals surface area contributed by atoms with Crippen molar-refractivity contribution in [1.29, 1.82) is 5.26 Å². The zero-order valence-electron chi connectivity index (χ0n) is 17.4. The molecule has 156 valence electrons. The van der Waals surface area contributed by atoms with Crippen LogP contribution in [0.1, 0.15) is 22.7 Å². The molecule has 0 unspecified atom stereocenters. The maximum atomic E-state index is 12.7. The molecule has 31 heavy (non-hydrogen) atoms. The average molecular weight is 412 g/mol. The first-order valence-corrected chi connectivity index (χ1v) is 10.5. The van der Waals surface area contributed by atoms with Crippen molar-refractivity contribution >= 4 is 5.91 Å². The van der Waals surface area contributed by atoms with Gasteiger partial charge in [0.15, 0.2) is 6.61 Å². The topological polar surface area (TPSA) is 56.6 Å². The van der Waals surface area contributed by atoms with Gasteiger partial charge in [-0.3, -0.25) is 9.69 Å². The van der Waals surface area contributed by atoms with Crippen molar-refractivity contribution in [1.82, 2.24) is 9.80 Å². The van der Waals surface area contributed by atoms with Gasteiger partial charge in [0, 0.05) is 26.2 Å². The maximum Gasteiger partial charge on any atom is 0.260 e. The van der Waals surface area contributed by atoms with Gasteiger partial charge < -0.3 is 9.64 Å². The summed E-state index contributed by atoms with van der Waals surface area (Å²) in [4.78, 5) is 17.0. The van der Waals surface area contributed by atoms with Crippen LogP contribution < -0.4 is 4.74 Å². The molecule has 5 heteroatoms. The predicted molar refractivity (Wildman–Crippen MR) is 120 cm³/mol. The maximum absolute atomic E-state index is 12.7. The summed E-state index contributed by atoms with van der Waals surface area (Å²) in [5, 5.41) is 8.99. The Kier molecular flexibility index (Phi) is 6.61. The quantitative estimate of drug-likeness (QED) is 0.618. The van der Waals surface area contributed by atoms with Crippen LogP contribution in [0.25, 0.3) is 0 Å². The van der Waals surface area contributed by atoms with E-state index in [2.05, 4.69) is 59.5 Å². The number of carbonyl (C=O) groups is 1. The van der Waals surface area contributed by atoms with Gasteiger partial charge in [0.25, 0.3) is 5.91 Å². The van der Waals surface area contributed by atoms with E-state index in [1.54, 1.807) is 24.3 Å². The molecule has 0 aliphatic carbocycles. The number of hydrogen-bond donors (Lipinski definition) is 0. The molecule has 0 N–H and O–H groups in total. The Morgan fingerprint density at radius 3 is 2.06 bits per heavy atom. The number of hydrogen-bond acceptors (Lipinski definition) is 4. The first-order valence-electron chi connectivity index (χ1n) is 10.5. The van der Waals surface area contributed by atoms with Gasteiger partial charge in [-0.25, -0.2) is 0 Å². The molecule has 0 aromatic heterocycles. The highest BCUT2D eigenvalue weighted by Gasteiger charge is 2.28. The summed E-state index contributed by atoms with van der Waals surface area (Å²) in [5.41, 5.74) is 3.04. The lowest BCUT2D eigenvalue weighted by Gasteiger charge is -2.39. The molecule has 3 aromatic rings. The van der Waals surface area contributed by atoms with Crippen LogP contribution in [0.4, 0.5) is 0 Å². The smallest absolute Gasteiger partial charge is 0.260 e. The molecule has 1 aliphatic rings. The number of rotatable bonds is 6. The predicted octanol–water partition coefficient (Wildman–Crippen LogP) is 3.87. The van der Waals surface area contributed by atoms with Crippen molar-refractivity contribution in [3.05, 3.63) is 102 Å². The molecule has 1 heterocycles. The monoisotopic (exact) mass is 411 g/mol. The molecule has 1 fully saturated rings.